The highest BCUT2D eigenvalue weighted by atomic mass is 16.1. The Bertz CT molecular complexity index is 522. The number of anilines is 1. The summed E-state index contributed by atoms with van der Waals surface area (Å²) in [5.41, 5.74) is -0.00488. The highest BCUT2D eigenvalue weighted by molar-refractivity contribution is 5.40. The van der Waals surface area contributed by atoms with Crippen molar-refractivity contribution in [3.8, 4) is 0 Å². The van der Waals surface area contributed by atoms with E-state index in [4.69, 9.17) is 0 Å². The van der Waals surface area contributed by atoms with E-state index in [-0.39, 0.29) is 5.56 Å². The maximum absolute atomic E-state index is 11.8. The summed E-state index contributed by atoms with van der Waals surface area (Å²) >= 11 is 0. The van der Waals surface area contributed by atoms with Gasteiger partial charge in [-0.25, -0.2) is 4.98 Å². The molecule has 0 radical (unpaired) electrons. The Labute approximate surface area is 112 Å². The fourth-order valence-electron chi connectivity index (χ4n) is 3.41. The van der Waals surface area contributed by atoms with Gasteiger partial charge in [0, 0.05) is 31.1 Å². The molecule has 2 atom stereocenters. The van der Waals surface area contributed by atoms with Crippen LogP contribution >= 0.6 is 0 Å². The van der Waals surface area contributed by atoms with Crippen LogP contribution in [0, 0.1) is 5.92 Å². The van der Waals surface area contributed by atoms with Gasteiger partial charge in [0.1, 0.15) is 11.6 Å². The van der Waals surface area contributed by atoms with Crippen molar-refractivity contribution in [3.05, 3.63) is 22.2 Å². The van der Waals surface area contributed by atoms with Crippen LogP contribution in [0.2, 0.25) is 0 Å². The molecular formula is C14H20N4O. The third-order valence-corrected chi connectivity index (χ3v) is 4.63. The molecule has 0 spiro atoms. The second-order valence-corrected chi connectivity index (χ2v) is 6.13. The van der Waals surface area contributed by atoms with Gasteiger partial charge in [-0.15, -0.1) is 0 Å². The second kappa shape index (κ2) is 4.34. The van der Waals surface area contributed by atoms with Crippen LogP contribution in [0.15, 0.2) is 10.9 Å². The average Bonchev–Trinajstić information content (AvgIpc) is 3.17. The van der Waals surface area contributed by atoms with Crippen molar-refractivity contribution in [2.45, 2.75) is 37.6 Å². The molecule has 1 aromatic heterocycles. The third kappa shape index (κ3) is 2.16. The van der Waals surface area contributed by atoms with Crippen molar-refractivity contribution in [1.29, 1.82) is 0 Å². The fourth-order valence-corrected chi connectivity index (χ4v) is 3.41. The molecule has 0 amide bonds. The Kier molecular flexibility index (Phi) is 2.62. The number of nitrogens with zero attached hydrogens (tertiary/aromatic N) is 2. The number of rotatable bonds is 2. The minimum absolute atomic E-state index is 0.00488. The predicted octanol–water partition coefficient (Wildman–Crippen LogP) is 0.835. The highest BCUT2D eigenvalue weighted by Gasteiger charge is 2.35. The van der Waals surface area contributed by atoms with Crippen LogP contribution in [0.4, 0.5) is 5.82 Å². The molecule has 1 saturated carbocycles. The maximum Gasteiger partial charge on any atom is 0.252 e. The molecule has 3 aliphatic rings. The number of aromatic nitrogens is 2. The third-order valence-electron chi connectivity index (χ3n) is 4.63. The summed E-state index contributed by atoms with van der Waals surface area (Å²) < 4.78 is 0. The molecule has 2 N–H and O–H groups in total. The molecule has 1 aliphatic carbocycles. The number of hydrogen-bond donors (Lipinski definition) is 2. The Morgan fingerprint density at radius 3 is 2.95 bits per heavy atom. The Morgan fingerprint density at radius 1 is 1.26 bits per heavy atom. The van der Waals surface area contributed by atoms with Gasteiger partial charge in [-0.3, -0.25) is 4.79 Å². The van der Waals surface area contributed by atoms with Gasteiger partial charge in [-0.05, 0) is 38.1 Å². The molecule has 5 nitrogen and oxygen atoms in total. The SMILES string of the molecule is O=c1cc(N2C[C@@H]3CCCN[C@@H]3C2)nc(C2CC2)[nH]1. The van der Waals surface area contributed by atoms with Gasteiger partial charge < -0.3 is 15.2 Å². The lowest BCUT2D eigenvalue weighted by Gasteiger charge is -2.24. The molecule has 1 aromatic rings. The predicted molar refractivity (Wildman–Crippen MR) is 73.6 cm³/mol. The molecule has 2 saturated heterocycles. The zero-order valence-corrected chi connectivity index (χ0v) is 11.1. The molecule has 5 heteroatoms. The number of H-pyrrole nitrogens is 1. The first-order valence-corrected chi connectivity index (χ1v) is 7.39. The standard InChI is InChI=1S/C14H20N4O/c19-13-6-12(16-14(17-13)9-3-4-9)18-7-10-2-1-5-15-11(10)8-18/h6,9-11,15H,1-5,7-8H2,(H,16,17,19)/t10-,11+/m0/s1. The van der Waals surface area contributed by atoms with Gasteiger partial charge in [0.2, 0.25) is 0 Å². The Morgan fingerprint density at radius 2 is 2.16 bits per heavy atom. The van der Waals surface area contributed by atoms with E-state index in [2.05, 4.69) is 20.2 Å². The van der Waals surface area contributed by atoms with Crippen molar-refractivity contribution < 1.29 is 0 Å². The molecular weight excluding hydrogens is 240 g/mol. The quantitative estimate of drug-likeness (QED) is 0.827. The summed E-state index contributed by atoms with van der Waals surface area (Å²) in [5.74, 6) is 2.99. The summed E-state index contributed by atoms with van der Waals surface area (Å²) in [6.45, 7) is 3.16. The van der Waals surface area contributed by atoms with E-state index < -0.39 is 0 Å². The monoisotopic (exact) mass is 260 g/mol. The Hall–Kier alpha value is -1.36. The van der Waals surface area contributed by atoms with Gasteiger partial charge in [0.05, 0.1) is 0 Å². The first-order chi connectivity index (χ1) is 9.29. The van der Waals surface area contributed by atoms with E-state index >= 15 is 0 Å². The van der Waals surface area contributed by atoms with Crippen LogP contribution in [-0.4, -0.2) is 35.6 Å². The first-order valence-electron chi connectivity index (χ1n) is 7.39. The molecule has 0 unspecified atom stereocenters. The average molecular weight is 260 g/mol. The van der Waals surface area contributed by atoms with E-state index in [1.807, 2.05) is 0 Å². The Balaban J connectivity index is 1.60. The lowest BCUT2D eigenvalue weighted by atomic mass is 9.94. The number of nitrogens with one attached hydrogen (secondary N) is 2. The largest absolute Gasteiger partial charge is 0.354 e. The van der Waals surface area contributed by atoms with Crippen LogP contribution in [0.1, 0.15) is 37.4 Å². The van der Waals surface area contributed by atoms with Gasteiger partial charge in [0.25, 0.3) is 5.56 Å². The molecule has 0 bridgehead atoms. The van der Waals surface area contributed by atoms with Crippen molar-refractivity contribution in [3.63, 3.8) is 0 Å². The van der Waals surface area contributed by atoms with Gasteiger partial charge in [0.15, 0.2) is 0 Å². The summed E-state index contributed by atoms with van der Waals surface area (Å²) in [7, 11) is 0. The van der Waals surface area contributed by atoms with Crippen LogP contribution in [0.3, 0.4) is 0 Å². The van der Waals surface area contributed by atoms with Crippen LogP contribution in [0.25, 0.3) is 0 Å². The highest BCUT2D eigenvalue weighted by Crippen LogP contribution is 2.38. The smallest absolute Gasteiger partial charge is 0.252 e. The maximum atomic E-state index is 11.8. The lowest BCUT2D eigenvalue weighted by Crippen LogP contribution is -2.40. The first kappa shape index (κ1) is 11.5. The second-order valence-electron chi connectivity index (χ2n) is 6.13. The topological polar surface area (TPSA) is 61.0 Å². The molecule has 19 heavy (non-hydrogen) atoms. The molecule has 0 aromatic carbocycles. The van der Waals surface area contributed by atoms with Crippen molar-refractivity contribution in [2.75, 3.05) is 24.5 Å². The summed E-state index contributed by atoms with van der Waals surface area (Å²) in [4.78, 5) is 21.6. The van der Waals surface area contributed by atoms with Crippen LogP contribution < -0.4 is 15.8 Å². The van der Waals surface area contributed by atoms with E-state index in [1.54, 1.807) is 6.07 Å². The zero-order chi connectivity index (χ0) is 12.8. The normalized spacial score (nSPS) is 30.4. The zero-order valence-electron chi connectivity index (χ0n) is 11.1. The fraction of sp³-hybridized carbons (Fsp3) is 0.714. The molecule has 2 aliphatic heterocycles. The van der Waals surface area contributed by atoms with Crippen molar-refractivity contribution >= 4 is 5.82 Å². The van der Waals surface area contributed by atoms with E-state index in [0.29, 0.717) is 12.0 Å². The minimum atomic E-state index is -0.00488. The molecule has 3 heterocycles. The molecule has 3 fully saturated rings. The van der Waals surface area contributed by atoms with Gasteiger partial charge in [-0.1, -0.05) is 0 Å². The van der Waals surface area contributed by atoms with Crippen LogP contribution in [-0.2, 0) is 0 Å². The number of fused-ring (bicyclic) bond motifs is 1. The van der Waals surface area contributed by atoms with E-state index in [9.17, 15) is 4.79 Å². The summed E-state index contributed by atoms with van der Waals surface area (Å²) in [6, 6.07) is 2.24. The lowest BCUT2D eigenvalue weighted by molar-refractivity contribution is 0.340. The number of piperidine rings is 1. The van der Waals surface area contributed by atoms with Gasteiger partial charge >= 0.3 is 0 Å². The number of hydrogen-bond acceptors (Lipinski definition) is 4. The van der Waals surface area contributed by atoms with E-state index in [1.165, 1.54) is 25.7 Å². The number of aromatic amines is 1. The van der Waals surface area contributed by atoms with Crippen molar-refractivity contribution in [2.24, 2.45) is 5.92 Å². The molecule has 4 rings (SSSR count). The van der Waals surface area contributed by atoms with E-state index in [0.717, 1.165) is 37.2 Å². The summed E-state index contributed by atoms with van der Waals surface area (Å²) in [6.07, 6.45) is 4.90. The van der Waals surface area contributed by atoms with Gasteiger partial charge in [-0.2, -0.15) is 0 Å². The molecule has 102 valence electrons. The minimum Gasteiger partial charge on any atom is -0.354 e. The van der Waals surface area contributed by atoms with Crippen LogP contribution in [0.5, 0.6) is 0 Å². The van der Waals surface area contributed by atoms with Crippen molar-refractivity contribution in [1.82, 2.24) is 15.3 Å². The summed E-state index contributed by atoms with van der Waals surface area (Å²) in [5, 5.41) is 3.59.